The Morgan fingerprint density at radius 3 is 2.59 bits per heavy atom. The Morgan fingerprint density at radius 2 is 1.93 bits per heavy atom. The van der Waals surface area contributed by atoms with E-state index in [4.69, 9.17) is 4.74 Å². The molecule has 6 nitrogen and oxygen atoms in total. The number of esters is 1. The van der Waals surface area contributed by atoms with E-state index >= 15 is 0 Å². The molecule has 0 bridgehead atoms. The van der Waals surface area contributed by atoms with E-state index in [1.54, 1.807) is 13.0 Å². The SMILES string of the molecule is CCOC(=O)CCCN1CCc2cccc(OS(=O)(=O)C(F)(F)F)c2CC1. The summed E-state index contributed by atoms with van der Waals surface area (Å²) in [6.45, 7) is 3.90. The van der Waals surface area contributed by atoms with Crippen LogP contribution in [0.2, 0.25) is 0 Å². The van der Waals surface area contributed by atoms with Gasteiger partial charge in [0.2, 0.25) is 0 Å². The molecular weight excluding hydrogens is 387 g/mol. The summed E-state index contributed by atoms with van der Waals surface area (Å²) in [4.78, 5) is 13.5. The molecule has 0 N–H and O–H groups in total. The van der Waals surface area contributed by atoms with Crippen LogP contribution in [-0.2, 0) is 32.5 Å². The maximum Gasteiger partial charge on any atom is 0.534 e. The zero-order valence-corrected chi connectivity index (χ0v) is 15.7. The first-order chi connectivity index (χ1) is 12.6. The van der Waals surface area contributed by atoms with Gasteiger partial charge < -0.3 is 13.8 Å². The molecule has 0 unspecified atom stereocenters. The van der Waals surface area contributed by atoms with Crippen LogP contribution in [0.4, 0.5) is 13.2 Å². The molecular formula is C17H22F3NO5S. The van der Waals surface area contributed by atoms with Crippen molar-refractivity contribution in [2.45, 2.75) is 38.1 Å². The largest absolute Gasteiger partial charge is 0.534 e. The van der Waals surface area contributed by atoms with E-state index in [1.807, 2.05) is 0 Å². The van der Waals surface area contributed by atoms with Crippen LogP contribution in [0.25, 0.3) is 0 Å². The summed E-state index contributed by atoms with van der Waals surface area (Å²) in [6.07, 6.45) is 1.83. The van der Waals surface area contributed by atoms with Crippen molar-refractivity contribution in [3.8, 4) is 5.75 Å². The van der Waals surface area contributed by atoms with Crippen LogP contribution >= 0.6 is 0 Å². The number of fused-ring (bicyclic) bond motifs is 1. The Labute approximate surface area is 156 Å². The van der Waals surface area contributed by atoms with Gasteiger partial charge in [-0.25, -0.2) is 0 Å². The number of carbonyl (C=O) groups excluding carboxylic acids is 1. The second kappa shape index (κ2) is 8.92. The molecule has 0 aliphatic carbocycles. The highest BCUT2D eigenvalue weighted by Gasteiger charge is 2.48. The summed E-state index contributed by atoms with van der Waals surface area (Å²) < 4.78 is 69.6. The molecule has 0 amide bonds. The first kappa shape index (κ1) is 21.5. The fraction of sp³-hybridized carbons (Fsp3) is 0.588. The fourth-order valence-electron chi connectivity index (χ4n) is 2.94. The van der Waals surface area contributed by atoms with Gasteiger partial charge in [0.25, 0.3) is 0 Å². The lowest BCUT2D eigenvalue weighted by atomic mass is 10.0. The van der Waals surface area contributed by atoms with Crippen molar-refractivity contribution in [1.82, 2.24) is 4.90 Å². The monoisotopic (exact) mass is 409 g/mol. The molecule has 0 atom stereocenters. The van der Waals surface area contributed by atoms with Crippen molar-refractivity contribution >= 4 is 16.1 Å². The van der Waals surface area contributed by atoms with Crippen LogP contribution < -0.4 is 4.18 Å². The molecule has 1 heterocycles. The van der Waals surface area contributed by atoms with Gasteiger partial charge in [0.1, 0.15) is 5.75 Å². The summed E-state index contributed by atoms with van der Waals surface area (Å²) >= 11 is 0. The minimum Gasteiger partial charge on any atom is -0.466 e. The van der Waals surface area contributed by atoms with Gasteiger partial charge in [0.05, 0.1) is 6.61 Å². The number of ether oxygens (including phenoxy) is 1. The Balaban J connectivity index is 2.02. The van der Waals surface area contributed by atoms with E-state index in [1.165, 1.54) is 12.1 Å². The number of alkyl halides is 3. The van der Waals surface area contributed by atoms with E-state index in [-0.39, 0.29) is 11.7 Å². The number of benzene rings is 1. The van der Waals surface area contributed by atoms with Crippen molar-refractivity contribution in [2.75, 3.05) is 26.2 Å². The highest BCUT2D eigenvalue weighted by molar-refractivity contribution is 7.88. The lowest BCUT2D eigenvalue weighted by Crippen LogP contribution is -2.29. The average molecular weight is 409 g/mol. The number of hydrogen-bond acceptors (Lipinski definition) is 6. The zero-order valence-electron chi connectivity index (χ0n) is 14.9. The van der Waals surface area contributed by atoms with Gasteiger partial charge in [-0.15, -0.1) is 0 Å². The summed E-state index contributed by atoms with van der Waals surface area (Å²) in [5.74, 6) is -0.540. The van der Waals surface area contributed by atoms with Crippen LogP contribution in [0.1, 0.15) is 30.9 Å². The smallest absolute Gasteiger partial charge is 0.466 e. The van der Waals surface area contributed by atoms with Crippen LogP contribution in [-0.4, -0.2) is 51.0 Å². The molecule has 0 spiro atoms. The standard InChI is InChI=1S/C17H22F3NO5S/c1-2-25-16(22)7-4-10-21-11-8-13-5-3-6-15(14(13)9-12-21)26-27(23,24)17(18,19)20/h3,5-6H,2,4,7-12H2,1H3. The molecule has 0 aromatic heterocycles. The first-order valence-electron chi connectivity index (χ1n) is 8.63. The number of nitrogens with zero attached hydrogens (tertiary/aromatic N) is 1. The van der Waals surface area contributed by atoms with E-state index in [9.17, 15) is 26.4 Å². The quantitative estimate of drug-likeness (QED) is 0.392. The predicted molar refractivity (Wildman–Crippen MR) is 91.8 cm³/mol. The van der Waals surface area contributed by atoms with Crippen LogP contribution in [0.5, 0.6) is 5.75 Å². The highest BCUT2D eigenvalue weighted by atomic mass is 32.2. The van der Waals surface area contributed by atoms with Gasteiger partial charge >= 0.3 is 21.6 Å². The van der Waals surface area contributed by atoms with Gasteiger partial charge in [0, 0.05) is 25.1 Å². The predicted octanol–water partition coefficient (Wildman–Crippen LogP) is 2.66. The normalized spacial score (nSPS) is 15.7. The summed E-state index contributed by atoms with van der Waals surface area (Å²) in [7, 11) is -5.70. The lowest BCUT2D eigenvalue weighted by Gasteiger charge is -2.19. The van der Waals surface area contributed by atoms with E-state index in [0.29, 0.717) is 57.5 Å². The molecule has 1 aromatic rings. The molecule has 1 aromatic carbocycles. The Hall–Kier alpha value is -1.81. The molecule has 1 aliphatic heterocycles. The summed E-state index contributed by atoms with van der Waals surface area (Å²) in [6, 6.07) is 4.47. The molecule has 0 saturated carbocycles. The van der Waals surface area contributed by atoms with E-state index in [0.717, 1.165) is 5.56 Å². The minimum atomic E-state index is -5.70. The second-order valence-corrected chi connectivity index (χ2v) is 7.67. The minimum absolute atomic E-state index is 0.261. The van der Waals surface area contributed by atoms with E-state index < -0.39 is 15.6 Å². The highest BCUT2D eigenvalue weighted by Crippen LogP contribution is 2.32. The van der Waals surface area contributed by atoms with Crippen LogP contribution in [0, 0.1) is 0 Å². The van der Waals surface area contributed by atoms with Crippen molar-refractivity contribution in [2.24, 2.45) is 0 Å². The molecule has 10 heteroatoms. The molecule has 2 rings (SSSR count). The first-order valence-corrected chi connectivity index (χ1v) is 10.0. The topological polar surface area (TPSA) is 72.9 Å². The van der Waals surface area contributed by atoms with E-state index in [2.05, 4.69) is 9.08 Å². The van der Waals surface area contributed by atoms with Gasteiger partial charge in [-0.2, -0.15) is 21.6 Å². The molecule has 0 saturated heterocycles. The number of halogens is 3. The van der Waals surface area contributed by atoms with Crippen LogP contribution in [0.15, 0.2) is 18.2 Å². The number of rotatable bonds is 7. The number of hydrogen-bond donors (Lipinski definition) is 0. The molecule has 27 heavy (non-hydrogen) atoms. The van der Waals surface area contributed by atoms with Gasteiger partial charge in [-0.1, -0.05) is 12.1 Å². The molecule has 1 aliphatic rings. The zero-order chi connectivity index (χ0) is 20.1. The fourth-order valence-corrected chi connectivity index (χ4v) is 3.42. The maximum atomic E-state index is 12.6. The summed E-state index contributed by atoms with van der Waals surface area (Å²) in [5, 5.41) is 0. The van der Waals surface area contributed by atoms with Gasteiger partial charge in [0.15, 0.2) is 0 Å². The van der Waals surface area contributed by atoms with Crippen molar-refractivity contribution in [3.63, 3.8) is 0 Å². The molecule has 0 radical (unpaired) electrons. The Bertz CT molecular complexity index is 764. The van der Waals surface area contributed by atoms with Gasteiger partial charge in [-0.05, 0) is 44.4 Å². The second-order valence-electron chi connectivity index (χ2n) is 6.13. The summed E-state index contributed by atoms with van der Waals surface area (Å²) in [5.41, 5.74) is -4.24. The Morgan fingerprint density at radius 1 is 1.22 bits per heavy atom. The Kier molecular flexibility index (Phi) is 7.10. The van der Waals surface area contributed by atoms with Crippen molar-refractivity contribution in [3.05, 3.63) is 29.3 Å². The lowest BCUT2D eigenvalue weighted by molar-refractivity contribution is -0.143. The average Bonchev–Trinajstić information content (AvgIpc) is 2.77. The third kappa shape index (κ3) is 5.83. The third-order valence-corrected chi connectivity index (χ3v) is 5.21. The molecule has 152 valence electrons. The molecule has 0 fully saturated rings. The van der Waals surface area contributed by atoms with Gasteiger partial charge in [-0.3, -0.25) is 4.79 Å². The van der Waals surface area contributed by atoms with Crippen molar-refractivity contribution in [1.29, 1.82) is 0 Å². The van der Waals surface area contributed by atoms with Crippen LogP contribution in [0.3, 0.4) is 0 Å². The third-order valence-electron chi connectivity index (χ3n) is 4.25. The number of carbonyl (C=O) groups is 1. The maximum absolute atomic E-state index is 12.6. The van der Waals surface area contributed by atoms with Crippen molar-refractivity contribution < 1.29 is 35.3 Å².